The molecule has 0 spiro atoms. The molecular formula is C31H33ClN4O4. The highest BCUT2D eigenvalue weighted by Crippen LogP contribution is 2.28. The molecule has 3 N–H and O–H groups in total. The van der Waals surface area contributed by atoms with E-state index in [0.717, 1.165) is 16.5 Å². The summed E-state index contributed by atoms with van der Waals surface area (Å²) in [5.41, 5.74) is 3.66. The molecule has 0 aliphatic rings. The Kier molecular flexibility index (Phi) is 8.80. The molecule has 40 heavy (non-hydrogen) atoms. The predicted octanol–water partition coefficient (Wildman–Crippen LogP) is 6.66. The maximum atomic E-state index is 13.2. The number of carbonyl (C=O) groups excluding carboxylic acids is 3. The number of nitrogens with zero attached hydrogens (tertiary/aromatic N) is 1. The lowest BCUT2D eigenvalue weighted by atomic mass is 10.1. The van der Waals surface area contributed by atoms with Gasteiger partial charge in [0.05, 0.1) is 17.7 Å². The maximum absolute atomic E-state index is 13.2. The summed E-state index contributed by atoms with van der Waals surface area (Å²) in [5, 5.41) is 9.81. The van der Waals surface area contributed by atoms with Gasteiger partial charge in [-0.2, -0.15) is 0 Å². The van der Waals surface area contributed by atoms with Gasteiger partial charge >= 0.3 is 0 Å². The first-order valence-corrected chi connectivity index (χ1v) is 13.4. The van der Waals surface area contributed by atoms with E-state index in [2.05, 4.69) is 16.0 Å². The Balaban J connectivity index is 1.56. The Labute approximate surface area is 238 Å². The van der Waals surface area contributed by atoms with Crippen molar-refractivity contribution in [3.63, 3.8) is 0 Å². The van der Waals surface area contributed by atoms with Crippen molar-refractivity contribution in [3.05, 3.63) is 88.6 Å². The van der Waals surface area contributed by atoms with Crippen LogP contribution in [0.2, 0.25) is 5.02 Å². The minimum absolute atomic E-state index is 0.0206. The molecule has 3 amide bonds. The van der Waals surface area contributed by atoms with Crippen LogP contribution in [0.5, 0.6) is 5.75 Å². The topological polar surface area (TPSA) is 101 Å². The summed E-state index contributed by atoms with van der Waals surface area (Å²) in [4.78, 5) is 38.3. The number of aromatic nitrogens is 1. The molecule has 0 aliphatic heterocycles. The number of fused-ring (bicyclic) bond motifs is 1. The molecule has 0 saturated carbocycles. The molecule has 4 rings (SSSR count). The van der Waals surface area contributed by atoms with E-state index in [4.69, 9.17) is 16.3 Å². The Bertz CT molecular complexity index is 1560. The van der Waals surface area contributed by atoms with Crippen molar-refractivity contribution in [2.45, 2.75) is 40.3 Å². The van der Waals surface area contributed by atoms with Crippen molar-refractivity contribution in [2.24, 2.45) is 5.92 Å². The Morgan fingerprint density at radius 3 is 2.17 bits per heavy atom. The van der Waals surface area contributed by atoms with Gasteiger partial charge in [0.25, 0.3) is 11.8 Å². The number of anilines is 2. The molecule has 1 heterocycles. The van der Waals surface area contributed by atoms with E-state index in [1.165, 1.54) is 0 Å². The first kappa shape index (κ1) is 28.7. The van der Waals surface area contributed by atoms with E-state index in [1.807, 2.05) is 50.5 Å². The molecule has 0 aliphatic carbocycles. The van der Waals surface area contributed by atoms with Crippen molar-refractivity contribution < 1.29 is 19.1 Å². The normalized spacial score (nSPS) is 11.1. The standard InChI is InChI=1S/C31H33ClN4O4/c1-18(2)29(37)33-17-20-6-12-26(32)25(14-20)30(38)35-23-9-13-27-21(15-23)16-28(36(27)19(3)4)31(39)34-22-7-10-24(40-5)11-8-22/h6-16,18-19H,17H2,1-5H3,(H,33,37)(H,34,39)(H,35,38). The second-order valence-corrected chi connectivity index (χ2v) is 10.5. The lowest BCUT2D eigenvalue weighted by Crippen LogP contribution is -2.27. The van der Waals surface area contributed by atoms with Gasteiger partial charge in [-0.25, -0.2) is 0 Å². The molecule has 3 aromatic carbocycles. The van der Waals surface area contributed by atoms with Crippen LogP contribution in [0.3, 0.4) is 0 Å². The minimum atomic E-state index is -0.373. The van der Waals surface area contributed by atoms with Crippen LogP contribution >= 0.6 is 11.6 Å². The quantitative estimate of drug-likeness (QED) is 0.213. The van der Waals surface area contributed by atoms with Gasteiger partial charge in [-0.05, 0) is 80.1 Å². The number of ether oxygens (including phenoxy) is 1. The van der Waals surface area contributed by atoms with Crippen LogP contribution in [0, 0.1) is 5.92 Å². The third-order valence-corrected chi connectivity index (χ3v) is 6.79. The van der Waals surface area contributed by atoms with Crippen LogP contribution in [-0.2, 0) is 11.3 Å². The van der Waals surface area contributed by atoms with Gasteiger partial charge in [0.1, 0.15) is 11.4 Å². The molecule has 0 unspecified atom stereocenters. The van der Waals surface area contributed by atoms with E-state index in [-0.39, 0.29) is 29.7 Å². The van der Waals surface area contributed by atoms with E-state index in [0.29, 0.717) is 39.9 Å². The average molecular weight is 561 g/mol. The number of hydrogen-bond donors (Lipinski definition) is 3. The van der Waals surface area contributed by atoms with Crippen LogP contribution in [0.4, 0.5) is 11.4 Å². The van der Waals surface area contributed by atoms with Crippen LogP contribution < -0.4 is 20.7 Å². The van der Waals surface area contributed by atoms with Crippen LogP contribution in [-0.4, -0.2) is 29.4 Å². The highest BCUT2D eigenvalue weighted by atomic mass is 35.5. The monoisotopic (exact) mass is 560 g/mol. The van der Waals surface area contributed by atoms with E-state index in [9.17, 15) is 14.4 Å². The fourth-order valence-electron chi connectivity index (χ4n) is 4.36. The number of hydrogen-bond acceptors (Lipinski definition) is 4. The number of rotatable bonds is 9. The summed E-state index contributed by atoms with van der Waals surface area (Å²) in [6.07, 6.45) is 0. The van der Waals surface area contributed by atoms with Gasteiger partial charge < -0.3 is 25.3 Å². The SMILES string of the molecule is COc1ccc(NC(=O)c2cc3cc(NC(=O)c4cc(CNC(=O)C(C)C)ccc4Cl)ccc3n2C(C)C)cc1. The summed E-state index contributed by atoms with van der Waals surface area (Å²) >= 11 is 6.34. The zero-order valence-electron chi connectivity index (χ0n) is 23.2. The maximum Gasteiger partial charge on any atom is 0.272 e. The van der Waals surface area contributed by atoms with Crippen LogP contribution in [0.15, 0.2) is 66.7 Å². The summed E-state index contributed by atoms with van der Waals surface area (Å²) in [6.45, 7) is 7.96. The second kappa shape index (κ2) is 12.3. The van der Waals surface area contributed by atoms with Crippen molar-refractivity contribution in [2.75, 3.05) is 17.7 Å². The van der Waals surface area contributed by atoms with Gasteiger partial charge in [-0.3, -0.25) is 14.4 Å². The smallest absolute Gasteiger partial charge is 0.272 e. The lowest BCUT2D eigenvalue weighted by Gasteiger charge is -2.15. The van der Waals surface area contributed by atoms with Gasteiger partial charge in [0, 0.05) is 40.8 Å². The Morgan fingerprint density at radius 2 is 1.52 bits per heavy atom. The highest BCUT2D eigenvalue weighted by Gasteiger charge is 2.19. The largest absolute Gasteiger partial charge is 0.497 e. The number of carbonyl (C=O) groups is 3. The van der Waals surface area contributed by atoms with Gasteiger partial charge in [-0.15, -0.1) is 0 Å². The molecule has 8 nitrogen and oxygen atoms in total. The van der Waals surface area contributed by atoms with Gasteiger partial charge in [0.15, 0.2) is 0 Å². The number of benzene rings is 3. The molecule has 0 bridgehead atoms. The molecule has 4 aromatic rings. The van der Waals surface area contributed by atoms with Crippen LogP contribution in [0.1, 0.15) is 60.1 Å². The molecule has 1 aromatic heterocycles. The van der Waals surface area contributed by atoms with E-state index >= 15 is 0 Å². The Hall–Kier alpha value is -4.30. The zero-order chi connectivity index (χ0) is 29.0. The molecule has 208 valence electrons. The fourth-order valence-corrected chi connectivity index (χ4v) is 4.57. The average Bonchev–Trinajstić information content (AvgIpc) is 3.32. The first-order chi connectivity index (χ1) is 19.1. The van der Waals surface area contributed by atoms with Crippen molar-refractivity contribution in [1.29, 1.82) is 0 Å². The first-order valence-electron chi connectivity index (χ1n) is 13.0. The van der Waals surface area contributed by atoms with Gasteiger partial charge in [-0.1, -0.05) is 31.5 Å². The van der Waals surface area contributed by atoms with E-state index < -0.39 is 0 Å². The Morgan fingerprint density at radius 1 is 0.850 bits per heavy atom. The number of halogens is 1. The fraction of sp³-hybridized carbons (Fsp3) is 0.258. The molecule has 0 saturated heterocycles. The number of nitrogens with one attached hydrogen (secondary N) is 3. The van der Waals surface area contributed by atoms with Crippen molar-refractivity contribution >= 4 is 51.6 Å². The molecule has 0 radical (unpaired) electrons. The van der Waals surface area contributed by atoms with Gasteiger partial charge in [0.2, 0.25) is 5.91 Å². The van der Waals surface area contributed by atoms with Crippen molar-refractivity contribution in [1.82, 2.24) is 9.88 Å². The number of amides is 3. The molecule has 0 fully saturated rings. The minimum Gasteiger partial charge on any atom is -0.497 e. The predicted molar refractivity (Wildman–Crippen MR) is 159 cm³/mol. The zero-order valence-corrected chi connectivity index (χ0v) is 23.9. The summed E-state index contributed by atoms with van der Waals surface area (Å²) in [7, 11) is 1.59. The summed E-state index contributed by atoms with van der Waals surface area (Å²) < 4.78 is 7.15. The van der Waals surface area contributed by atoms with Crippen molar-refractivity contribution in [3.8, 4) is 5.75 Å². The third kappa shape index (κ3) is 6.46. The summed E-state index contributed by atoms with van der Waals surface area (Å²) in [5.74, 6) is -0.116. The van der Waals surface area contributed by atoms with E-state index in [1.54, 1.807) is 55.6 Å². The molecule has 9 heteroatoms. The highest BCUT2D eigenvalue weighted by molar-refractivity contribution is 6.34. The molecular weight excluding hydrogens is 528 g/mol. The summed E-state index contributed by atoms with van der Waals surface area (Å²) in [6, 6.07) is 19.6. The molecule has 0 atom stereocenters. The number of methoxy groups -OCH3 is 1. The lowest BCUT2D eigenvalue weighted by molar-refractivity contribution is -0.124. The second-order valence-electron chi connectivity index (χ2n) is 10.1. The third-order valence-electron chi connectivity index (χ3n) is 6.46. The van der Waals surface area contributed by atoms with Crippen LogP contribution in [0.25, 0.3) is 10.9 Å².